The summed E-state index contributed by atoms with van der Waals surface area (Å²) in [6.07, 6.45) is 4.41. The minimum absolute atomic E-state index is 0.387. The third kappa shape index (κ3) is 2.18. The molecule has 0 aliphatic heterocycles. The molecule has 5 heteroatoms. The van der Waals surface area contributed by atoms with Gasteiger partial charge >= 0.3 is 0 Å². The highest BCUT2D eigenvalue weighted by Crippen LogP contribution is 2.19. The van der Waals surface area contributed by atoms with Crippen molar-refractivity contribution in [2.45, 2.75) is 6.92 Å². The molecule has 0 N–H and O–H groups in total. The number of nitrogens with zero attached hydrogens (tertiary/aromatic N) is 3. The molecule has 0 unspecified atom stereocenters. The highest BCUT2D eigenvalue weighted by Gasteiger charge is 2.07. The number of aryl methyl sites for hydroxylation is 1. The van der Waals surface area contributed by atoms with E-state index in [1.807, 2.05) is 0 Å². The Labute approximate surface area is 94.5 Å². The quantitative estimate of drug-likeness (QED) is 0.798. The van der Waals surface area contributed by atoms with Crippen molar-refractivity contribution < 1.29 is 4.39 Å². The van der Waals surface area contributed by atoms with Gasteiger partial charge in [-0.15, -0.1) is 0 Å². The lowest BCUT2D eigenvalue weighted by Crippen LogP contribution is -1.94. The van der Waals surface area contributed by atoms with Crippen molar-refractivity contribution in [3.8, 4) is 11.4 Å². The maximum atomic E-state index is 13.0. The van der Waals surface area contributed by atoms with E-state index in [0.29, 0.717) is 17.1 Å². The summed E-state index contributed by atoms with van der Waals surface area (Å²) in [5.41, 5.74) is 1.32. The van der Waals surface area contributed by atoms with E-state index in [4.69, 9.17) is 0 Å². The smallest absolute Gasteiger partial charge is 0.161 e. The molecule has 2 rings (SSSR count). The van der Waals surface area contributed by atoms with Crippen LogP contribution in [0.3, 0.4) is 0 Å². The van der Waals surface area contributed by atoms with Gasteiger partial charge in [0.05, 0.1) is 10.7 Å². The molecule has 2 aromatic rings. The number of aromatic nitrogens is 3. The summed E-state index contributed by atoms with van der Waals surface area (Å²) in [5.74, 6) is 0.0878. The number of hydrogen-bond acceptors (Lipinski definition) is 3. The van der Waals surface area contributed by atoms with E-state index in [1.54, 1.807) is 19.3 Å². The molecule has 0 saturated heterocycles. The van der Waals surface area contributed by atoms with Crippen molar-refractivity contribution in [3.63, 3.8) is 0 Å². The first-order valence-corrected chi connectivity index (χ1v) is 5.06. The van der Waals surface area contributed by atoms with Crippen LogP contribution in [0.15, 0.2) is 29.1 Å². The first-order chi connectivity index (χ1) is 7.16. The van der Waals surface area contributed by atoms with Gasteiger partial charge in [-0.1, -0.05) is 0 Å². The third-order valence-corrected chi connectivity index (χ3v) is 2.32. The fourth-order valence-electron chi connectivity index (χ4n) is 1.19. The Morgan fingerprint density at radius 1 is 1.13 bits per heavy atom. The largest absolute Gasteiger partial charge is 0.258 e. The van der Waals surface area contributed by atoms with E-state index < -0.39 is 0 Å². The van der Waals surface area contributed by atoms with Crippen LogP contribution in [0.4, 0.5) is 4.39 Å². The highest BCUT2D eigenvalue weighted by atomic mass is 79.9. The summed E-state index contributed by atoms with van der Waals surface area (Å²) < 4.78 is 13.8. The standard InChI is InChI=1S/C10H7BrFN3/c1-6-9(2-8(12)5-13-6)10-14-3-7(11)4-15-10/h2-5H,1H3. The van der Waals surface area contributed by atoms with Crippen molar-refractivity contribution >= 4 is 15.9 Å². The maximum absolute atomic E-state index is 13.0. The second kappa shape index (κ2) is 4.02. The molecule has 2 heterocycles. The predicted octanol–water partition coefficient (Wildman–Crippen LogP) is 2.75. The van der Waals surface area contributed by atoms with Gasteiger partial charge in [0.2, 0.25) is 0 Å². The molecule has 0 bridgehead atoms. The number of halogens is 2. The van der Waals surface area contributed by atoms with Crippen LogP contribution >= 0.6 is 15.9 Å². The summed E-state index contributed by atoms with van der Waals surface area (Å²) in [4.78, 5) is 12.1. The van der Waals surface area contributed by atoms with Crippen LogP contribution in [-0.2, 0) is 0 Å². The fraction of sp³-hybridized carbons (Fsp3) is 0.100. The molecule has 0 aliphatic rings. The van der Waals surface area contributed by atoms with Gasteiger partial charge in [0.1, 0.15) is 5.82 Å². The third-order valence-electron chi connectivity index (χ3n) is 1.91. The normalized spacial score (nSPS) is 10.3. The zero-order valence-corrected chi connectivity index (χ0v) is 9.49. The summed E-state index contributed by atoms with van der Waals surface area (Å²) in [6, 6.07) is 1.38. The lowest BCUT2D eigenvalue weighted by atomic mass is 10.2. The minimum Gasteiger partial charge on any atom is -0.258 e. The van der Waals surface area contributed by atoms with Crippen LogP contribution in [0.1, 0.15) is 5.69 Å². The summed E-state index contributed by atoms with van der Waals surface area (Å²) in [7, 11) is 0. The average Bonchev–Trinajstić information content (AvgIpc) is 2.23. The Balaban J connectivity index is 2.53. The van der Waals surface area contributed by atoms with Crippen LogP contribution < -0.4 is 0 Å². The Morgan fingerprint density at radius 2 is 1.80 bits per heavy atom. The van der Waals surface area contributed by atoms with Crippen LogP contribution in [0, 0.1) is 12.7 Å². The number of pyridine rings is 1. The van der Waals surface area contributed by atoms with Gasteiger partial charge in [0.15, 0.2) is 5.82 Å². The minimum atomic E-state index is -0.387. The van der Waals surface area contributed by atoms with Crippen molar-refractivity contribution in [2.75, 3.05) is 0 Å². The molecule has 0 fully saturated rings. The molecule has 0 aromatic carbocycles. The van der Waals surface area contributed by atoms with Gasteiger partial charge in [-0.25, -0.2) is 14.4 Å². The molecular formula is C10H7BrFN3. The SMILES string of the molecule is Cc1ncc(F)cc1-c1ncc(Br)cn1. The van der Waals surface area contributed by atoms with Gasteiger partial charge in [-0.05, 0) is 28.9 Å². The summed E-state index contributed by atoms with van der Waals surface area (Å²) >= 11 is 3.24. The average molecular weight is 268 g/mol. The fourth-order valence-corrected chi connectivity index (χ4v) is 1.39. The zero-order valence-electron chi connectivity index (χ0n) is 7.91. The predicted molar refractivity (Wildman–Crippen MR) is 57.7 cm³/mol. The molecule has 0 amide bonds. The van der Waals surface area contributed by atoms with Gasteiger partial charge < -0.3 is 0 Å². The lowest BCUT2D eigenvalue weighted by molar-refractivity contribution is 0.620. The molecule has 2 aromatic heterocycles. The Morgan fingerprint density at radius 3 is 2.47 bits per heavy atom. The summed E-state index contributed by atoms with van der Waals surface area (Å²) in [5, 5.41) is 0. The topological polar surface area (TPSA) is 38.7 Å². The van der Waals surface area contributed by atoms with E-state index in [2.05, 4.69) is 30.9 Å². The summed E-state index contributed by atoms with van der Waals surface area (Å²) in [6.45, 7) is 1.79. The van der Waals surface area contributed by atoms with E-state index in [-0.39, 0.29) is 5.82 Å². The second-order valence-corrected chi connectivity index (χ2v) is 3.93. The molecular weight excluding hydrogens is 261 g/mol. The van der Waals surface area contributed by atoms with Crippen LogP contribution in [0.2, 0.25) is 0 Å². The zero-order chi connectivity index (χ0) is 10.8. The molecule has 76 valence electrons. The van der Waals surface area contributed by atoms with E-state index in [1.165, 1.54) is 12.3 Å². The van der Waals surface area contributed by atoms with Crippen LogP contribution in [0.5, 0.6) is 0 Å². The van der Waals surface area contributed by atoms with Crippen molar-refractivity contribution in [3.05, 3.63) is 40.6 Å². The maximum Gasteiger partial charge on any atom is 0.161 e. The second-order valence-electron chi connectivity index (χ2n) is 3.01. The Bertz CT molecular complexity index is 485. The molecule has 3 nitrogen and oxygen atoms in total. The van der Waals surface area contributed by atoms with Crippen molar-refractivity contribution in [1.29, 1.82) is 0 Å². The van der Waals surface area contributed by atoms with Gasteiger partial charge in [0.25, 0.3) is 0 Å². The van der Waals surface area contributed by atoms with Gasteiger partial charge in [-0.2, -0.15) is 0 Å². The molecule has 0 aliphatic carbocycles. The van der Waals surface area contributed by atoms with Gasteiger partial charge in [0, 0.05) is 23.7 Å². The van der Waals surface area contributed by atoms with Crippen LogP contribution in [0.25, 0.3) is 11.4 Å². The number of hydrogen-bond donors (Lipinski definition) is 0. The molecule has 15 heavy (non-hydrogen) atoms. The Hall–Kier alpha value is -1.36. The Kier molecular flexibility index (Phi) is 2.73. The number of rotatable bonds is 1. The van der Waals surface area contributed by atoms with Crippen molar-refractivity contribution in [2.24, 2.45) is 0 Å². The lowest BCUT2D eigenvalue weighted by Gasteiger charge is -2.02. The van der Waals surface area contributed by atoms with E-state index >= 15 is 0 Å². The first-order valence-electron chi connectivity index (χ1n) is 4.27. The van der Waals surface area contributed by atoms with E-state index in [9.17, 15) is 4.39 Å². The monoisotopic (exact) mass is 267 g/mol. The van der Waals surface area contributed by atoms with Gasteiger partial charge in [-0.3, -0.25) is 4.98 Å². The molecule has 0 radical (unpaired) electrons. The molecule has 0 atom stereocenters. The highest BCUT2D eigenvalue weighted by molar-refractivity contribution is 9.10. The first kappa shape index (κ1) is 10.2. The van der Waals surface area contributed by atoms with Crippen LogP contribution in [-0.4, -0.2) is 15.0 Å². The molecule has 0 spiro atoms. The van der Waals surface area contributed by atoms with E-state index in [0.717, 1.165) is 4.47 Å². The molecule has 0 saturated carbocycles. The van der Waals surface area contributed by atoms with Crippen molar-refractivity contribution in [1.82, 2.24) is 15.0 Å².